The first kappa shape index (κ1) is 9.13. The molecule has 2 rings (SSSR count). The van der Waals surface area contributed by atoms with E-state index in [1.807, 2.05) is 18.2 Å². The van der Waals surface area contributed by atoms with Crippen LogP contribution in [0.2, 0.25) is 0 Å². The maximum absolute atomic E-state index is 10.8. The molecule has 2 nitrogen and oxygen atoms in total. The van der Waals surface area contributed by atoms with Gasteiger partial charge in [0.05, 0.1) is 0 Å². The third-order valence-corrected chi connectivity index (χ3v) is 2.51. The molecule has 1 saturated carbocycles. The summed E-state index contributed by atoms with van der Waals surface area (Å²) in [5.74, 6) is 0.826. The zero-order valence-corrected chi connectivity index (χ0v) is 8.02. The molecule has 0 unspecified atom stereocenters. The molecule has 0 radical (unpaired) electrons. The van der Waals surface area contributed by atoms with E-state index in [2.05, 4.69) is 4.98 Å². The molecular formula is C12H13NO. The lowest BCUT2D eigenvalue weighted by molar-refractivity contribution is -0.103. The van der Waals surface area contributed by atoms with Crippen LogP contribution in [0.25, 0.3) is 5.57 Å². The van der Waals surface area contributed by atoms with Gasteiger partial charge in [0.2, 0.25) is 0 Å². The number of rotatable bonds is 4. The third-order valence-electron chi connectivity index (χ3n) is 2.51. The van der Waals surface area contributed by atoms with Crippen molar-refractivity contribution in [1.82, 2.24) is 4.98 Å². The number of hydrogen-bond acceptors (Lipinski definition) is 2. The molecule has 2 heteroatoms. The van der Waals surface area contributed by atoms with Gasteiger partial charge >= 0.3 is 0 Å². The Morgan fingerprint density at radius 1 is 1.43 bits per heavy atom. The van der Waals surface area contributed by atoms with E-state index in [9.17, 15) is 4.79 Å². The van der Waals surface area contributed by atoms with Crippen molar-refractivity contribution in [1.29, 1.82) is 0 Å². The highest BCUT2D eigenvalue weighted by molar-refractivity contribution is 6.06. The maximum atomic E-state index is 10.8. The normalized spacial score (nSPS) is 16.7. The van der Waals surface area contributed by atoms with Crippen LogP contribution in [-0.2, 0) is 4.79 Å². The molecule has 0 aliphatic heterocycles. The smallest absolute Gasteiger partial charge is 0.150 e. The molecule has 0 bridgehead atoms. The van der Waals surface area contributed by atoms with Crippen molar-refractivity contribution in [3.8, 4) is 0 Å². The molecule has 0 amide bonds. The highest BCUT2D eigenvalue weighted by Gasteiger charge is 2.19. The Labute approximate surface area is 83.7 Å². The van der Waals surface area contributed by atoms with Crippen molar-refractivity contribution in [3.05, 3.63) is 36.2 Å². The van der Waals surface area contributed by atoms with E-state index in [4.69, 9.17) is 0 Å². The molecule has 1 aromatic rings. The molecule has 1 aliphatic rings. The summed E-state index contributed by atoms with van der Waals surface area (Å²) >= 11 is 0. The second kappa shape index (κ2) is 4.18. The molecule has 72 valence electrons. The summed E-state index contributed by atoms with van der Waals surface area (Å²) in [4.78, 5) is 14.8. The minimum Gasteiger partial charge on any atom is -0.298 e. The van der Waals surface area contributed by atoms with Gasteiger partial charge in [0.25, 0.3) is 0 Å². The summed E-state index contributed by atoms with van der Waals surface area (Å²) < 4.78 is 0. The number of carbonyl (C=O) groups is 1. The van der Waals surface area contributed by atoms with E-state index in [-0.39, 0.29) is 0 Å². The molecule has 0 aromatic carbocycles. The van der Waals surface area contributed by atoms with Crippen LogP contribution >= 0.6 is 0 Å². The topological polar surface area (TPSA) is 30.0 Å². The van der Waals surface area contributed by atoms with Gasteiger partial charge in [0, 0.05) is 18.0 Å². The largest absolute Gasteiger partial charge is 0.298 e. The van der Waals surface area contributed by atoms with Crippen LogP contribution < -0.4 is 0 Å². The van der Waals surface area contributed by atoms with E-state index >= 15 is 0 Å². The van der Waals surface area contributed by atoms with E-state index in [0.29, 0.717) is 0 Å². The maximum Gasteiger partial charge on any atom is 0.150 e. The van der Waals surface area contributed by atoms with Gasteiger partial charge in [-0.15, -0.1) is 0 Å². The Morgan fingerprint density at radius 3 is 2.71 bits per heavy atom. The molecule has 1 heterocycles. The molecular weight excluding hydrogens is 174 g/mol. The molecule has 1 aliphatic carbocycles. The van der Waals surface area contributed by atoms with Gasteiger partial charge in [0.15, 0.2) is 0 Å². The molecule has 14 heavy (non-hydrogen) atoms. The van der Waals surface area contributed by atoms with Crippen molar-refractivity contribution >= 4 is 11.9 Å². The summed E-state index contributed by atoms with van der Waals surface area (Å²) in [5.41, 5.74) is 1.76. The lowest BCUT2D eigenvalue weighted by atomic mass is 10.1. The monoisotopic (exact) mass is 187 g/mol. The minimum absolute atomic E-state index is 0.791. The Kier molecular flexibility index (Phi) is 2.73. The fraction of sp³-hybridized carbons (Fsp3) is 0.333. The van der Waals surface area contributed by atoms with Crippen LogP contribution in [0.15, 0.2) is 30.6 Å². The fourth-order valence-corrected chi connectivity index (χ4v) is 1.43. The second-order valence-corrected chi connectivity index (χ2v) is 3.69. The molecule has 0 atom stereocenters. The van der Waals surface area contributed by atoms with Crippen molar-refractivity contribution in [2.75, 3.05) is 0 Å². The number of allylic oxidation sites excluding steroid dienone is 2. The summed E-state index contributed by atoms with van der Waals surface area (Å²) in [6.45, 7) is 0. The first-order chi connectivity index (χ1) is 6.90. The summed E-state index contributed by atoms with van der Waals surface area (Å²) in [6.07, 6.45) is 10.1. The van der Waals surface area contributed by atoms with E-state index < -0.39 is 0 Å². The van der Waals surface area contributed by atoms with Crippen molar-refractivity contribution in [2.45, 2.75) is 19.3 Å². The number of carbonyl (C=O) groups excluding carboxylic acids is 1. The van der Waals surface area contributed by atoms with E-state index in [1.54, 1.807) is 12.4 Å². The van der Waals surface area contributed by atoms with Crippen LogP contribution in [-0.4, -0.2) is 11.3 Å². The van der Waals surface area contributed by atoms with Crippen molar-refractivity contribution in [2.24, 2.45) is 5.92 Å². The standard InChI is InChI=1S/C12H13NO/c14-9-12(4-3-10-1-2-10)11-5-7-13-8-6-11/h4-10H,1-3H2/b12-4-. The average molecular weight is 187 g/mol. The molecule has 1 aromatic heterocycles. The Morgan fingerprint density at radius 2 is 2.14 bits per heavy atom. The fourth-order valence-electron chi connectivity index (χ4n) is 1.43. The third kappa shape index (κ3) is 2.28. The van der Waals surface area contributed by atoms with Crippen molar-refractivity contribution in [3.63, 3.8) is 0 Å². The minimum atomic E-state index is 0.791. The summed E-state index contributed by atoms with van der Waals surface area (Å²) in [6, 6.07) is 3.74. The predicted octanol–water partition coefficient (Wildman–Crippen LogP) is 2.46. The zero-order valence-electron chi connectivity index (χ0n) is 8.02. The van der Waals surface area contributed by atoms with Crippen LogP contribution in [0.5, 0.6) is 0 Å². The Bertz CT molecular complexity index is 339. The number of aldehydes is 1. The van der Waals surface area contributed by atoms with E-state index in [0.717, 1.165) is 29.8 Å². The quantitative estimate of drug-likeness (QED) is 0.535. The number of pyridine rings is 1. The van der Waals surface area contributed by atoms with Gasteiger partial charge in [-0.3, -0.25) is 9.78 Å². The van der Waals surface area contributed by atoms with Gasteiger partial charge in [-0.25, -0.2) is 0 Å². The molecule has 0 saturated heterocycles. The molecule has 0 N–H and O–H groups in total. The second-order valence-electron chi connectivity index (χ2n) is 3.69. The van der Waals surface area contributed by atoms with Crippen LogP contribution in [0.3, 0.4) is 0 Å². The Hall–Kier alpha value is -1.44. The highest BCUT2D eigenvalue weighted by Crippen LogP contribution is 2.33. The lowest BCUT2D eigenvalue weighted by Gasteiger charge is -1.98. The predicted molar refractivity (Wildman–Crippen MR) is 55.6 cm³/mol. The first-order valence-electron chi connectivity index (χ1n) is 4.96. The first-order valence-corrected chi connectivity index (χ1v) is 4.96. The van der Waals surface area contributed by atoms with Crippen molar-refractivity contribution < 1.29 is 4.79 Å². The zero-order chi connectivity index (χ0) is 9.80. The highest BCUT2D eigenvalue weighted by atomic mass is 16.1. The lowest BCUT2D eigenvalue weighted by Crippen LogP contribution is -1.86. The number of nitrogens with zero attached hydrogens (tertiary/aromatic N) is 1. The van der Waals surface area contributed by atoms with Gasteiger partial charge in [-0.2, -0.15) is 0 Å². The van der Waals surface area contributed by atoms with Gasteiger partial charge in [-0.1, -0.05) is 6.08 Å². The Balaban J connectivity index is 2.11. The van der Waals surface area contributed by atoms with Gasteiger partial charge in [0.1, 0.15) is 6.29 Å². The molecule has 0 spiro atoms. The van der Waals surface area contributed by atoms with Crippen LogP contribution in [0.1, 0.15) is 24.8 Å². The summed E-state index contributed by atoms with van der Waals surface area (Å²) in [5, 5.41) is 0. The summed E-state index contributed by atoms with van der Waals surface area (Å²) in [7, 11) is 0. The van der Waals surface area contributed by atoms with Gasteiger partial charge in [-0.05, 0) is 42.9 Å². The average Bonchev–Trinajstić information content (AvgIpc) is 3.04. The van der Waals surface area contributed by atoms with Crippen LogP contribution in [0.4, 0.5) is 0 Å². The van der Waals surface area contributed by atoms with Crippen LogP contribution in [0, 0.1) is 5.92 Å². The van der Waals surface area contributed by atoms with Gasteiger partial charge < -0.3 is 0 Å². The van der Waals surface area contributed by atoms with E-state index in [1.165, 1.54) is 12.8 Å². The number of hydrogen-bond donors (Lipinski definition) is 0. The SMILES string of the molecule is O=C/C(=C/CC1CC1)c1ccncc1. The molecule has 1 fully saturated rings. The number of aromatic nitrogens is 1.